The Morgan fingerprint density at radius 1 is 1.50 bits per heavy atom. The van der Waals surface area contributed by atoms with Crippen LogP contribution in [0.15, 0.2) is 0 Å². The van der Waals surface area contributed by atoms with Crippen molar-refractivity contribution in [3.05, 3.63) is 0 Å². The van der Waals surface area contributed by atoms with Gasteiger partial charge in [0, 0.05) is 31.6 Å². The molecule has 0 bridgehead atoms. The highest BCUT2D eigenvalue weighted by Gasteiger charge is 2.27. The second kappa shape index (κ2) is 5.33. The van der Waals surface area contributed by atoms with Crippen LogP contribution in [0.2, 0.25) is 0 Å². The smallest absolute Gasteiger partial charge is 0.0635 e. The van der Waals surface area contributed by atoms with Gasteiger partial charge in [-0.2, -0.15) is 5.26 Å². The summed E-state index contributed by atoms with van der Waals surface area (Å²) < 4.78 is 0. The van der Waals surface area contributed by atoms with Crippen LogP contribution in [-0.4, -0.2) is 37.1 Å². The van der Waals surface area contributed by atoms with E-state index < -0.39 is 0 Å². The Morgan fingerprint density at radius 3 is 2.86 bits per heavy atom. The Morgan fingerprint density at radius 2 is 2.21 bits per heavy atom. The molecule has 1 aliphatic heterocycles. The Bertz CT molecular complexity index is 209. The molecule has 1 N–H and O–H groups in total. The second-order valence-corrected chi connectivity index (χ2v) is 4.47. The van der Waals surface area contributed by atoms with Crippen molar-refractivity contribution in [2.45, 2.75) is 38.8 Å². The van der Waals surface area contributed by atoms with Crippen LogP contribution in [-0.2, 0) is 0 Å². The van der Waals surface area contributed by atoms with Gasteiger partial charge in [-0.25, -0.2) is 0 Å². The van der Waals surface area contributed by atoms with E-state index in [9.17, 15) is 0 Å². The summed E-state index contributed by atoms with van der Waals surface area (Å²) >= 11 is 0. The molecule has 0 aliphatic carbocycles. The maximum atomic E-state index is 8.46. The molecular weight excluding hydrogens is 174 g/mol. The molecule has 3 heteroatoms. The van der Waals surface area contributed by atoms with Gasteiger partial charge in [0.05, 0.1) is 6.07 Å². The molecule has 3 atom stereocenters. The molecule has 3 unspecified atom stereocenters. The lowest BCUT2D eigenvalue weighted by Gasteiger charge is -2.40. The highest BCUT2D eigenvalue weighted by molar-refractivity contribution is 4.86. The molecule has 0 amide bonds. The first-order valence-electron chi connectivity index (χ1n) is 5.45. The summed E-state index contributed by atoms with van der Waals surface area (Å²) in [4.78, 5) is 2.41. The lowest BCUT2D eigenvalue weighted by atomic mass is 9.90. The van der Waals surface area contributed by atoms with Crippen LogP contribution in [0.25, 0.3) is 0 Å². The van der Waals surface area contributed by atoms with Crippen molar-refractivity contribution >= 4 is 0 Å². The first kappa shape index (κ1) is 11.5. The fourth-order valence-electron chi connectivity index (χ4n) is 2.14. The minimum absolute atomic E-state index is 0.592. The number of nitrogens with zero attached hydrogens (tertiary/aromatic N) is 2. The molecular formula is C11H21N3. The minimum atomic E-state index is 0.592. The summed E-state index contributed by atoms with van der Waals surface area (Å²) in [5.74, 6) is 0.690. The summed E-state index contributed by atoms with van der Waals surface area (Å²) in [6.45, 7) is 6.55. The molecule has 14 heavy (non-hydrogen) atoms. The van der Waals surface area contributed by atoms with E-state index in [1.165, 1.54) is 6.42 Å². The Balaban J connectivity index is 2.34. The van der Waals surface area contributed by atoms with Gasteiger partial charge in [0.2, 0.25) is 0 Å². The number of nitriles is 1. The van der Waals surface area contributed by atoms with E-state index >= 15 is 0 Å². The molecule has 80 valence electrons. The van der Waals surface area contributed by atoms with Crippen molar-refractivity contribution in [2.75, 3.05) is 20.1 Å². The van der Waals surface area contributed by atoms with E-state index in [1.807, 2.05) is 0 Å². The highest BCUT2D eigenvalue weighted by atomic mass is 15.2. The molecule has 0 aromatic rings. The zero-order chi connectivity index (χ0) is 10.6. The summed E-state index contributed by atoms with van der Waals surface area (Å²) in [5.41, 5.74) is 0. The van der Waals surface area contributed by atoms with Gasteiger partial charge in [-0.1, -0.05) is 6.92 Å². The fourth-order valence-corrected chi connectivity index (χ4v) is 2.14. The molecule has 0 aromatic heterocycles. The lowest BCUT2D eigenvalue weighted by molar-refractivity contribution is 0.122. The molecule has 0 spiro atoms. The molecule has 1 saturated heterocycles. The maximum absolute atomic E-state index is 8.46. The van der Waals surface area contributed by atoms with Crippen LogP contribution >= 0.6 is 0 Å². The van der Waals surface area contributed by atoms with Crippen molar-refractivity contribution in [3.8, 4) is 6.07 Å². The van der Waals surface area contributed by atoms with Crippen LogP contribution in [0.3, 0.4) is 0 Å². The fraction of sp³-hybridized carbons (Fsp3) is 0.909. The van der Waals surface area contributed by atoms with E-state index in [4.69, 9.17) is 5.26 Å². The SMILES string of the molecule is CC1CN(C)C(C)CC1NCCC#N. The first-order valence-corrected chi connectivity index (χ1v) is 5.45. The minimum Gasteiger partial charge on any atom is -0.313 e. The van der Waals surface area contributed by atoms with Gasteiger partial charge < -0.3 is 10.2 Å². The molecule has 0 saturated carbocycles. The van der Waals surface area contributed by atoms with Gasteiger partial charge in [0.15, 0.2) is 0 Å². The normalized spacial score (nSPS) is 34.0. The van der Waals surface area contributed by atoms with Crippen molar-refractivity contribution in [3.63, 3.8) is 0 Å². The predicted octanol–water partition coefficient (Wildman–Crippen LogP) is 1.22. The van der Waals surface area contributed by atoms with Gasteiger partial charge in [0.25, 0.3) is 0 Å². The third-order valence-electron chi connectivity index (χ3n) is 3.25. The monoisotopic (exact) mass is 195 g/mol. The summed E-state index contributed by atoms with van der Waals surface area (Å²) in [6.07, 6.45) is 1.82. The topological polar surface area (TPSA) is 39.1 Å². The molecule has 1 fully saturated rings. The lowest BCUT2D eigenvalue weighted by Crippen LogP contribution is -2.50. The van der Waals surface area contributed by atoms with E-state index in [2.05, 4.69) is 37.2 Å². The third kappa shape index (κ3) is 2.97. The molecule has 0 aromatic carbocycles. The van der Waals surface area contributed by atoms with Gasteiger partial charge in [-0.15, -0.1) is 0 Å². The van der Waals surface area contributed by atoms with Crippen molar-refractivity contribution in [2.24, 2.45) is 5.92 Å². The highest BCUT2D eigenvalue weighted by Crippen LogP contribution is 2.20. The summed E-state index contributed by atoms with van der Waals surface area (Å²) in [6, 6.07) is 3.42. The van der Waals surface area contributed by atoms with Crippen molar-refractivity contribution in [1.82, 2.24) is 10.2 Å². The maximum Gasteiger partial charge on any atom is 0.0635 e. The zero-order valence-corrected chi connectivity index (χ0v) is 9.45. The quantitative estimate of drug-likeness (QED) is 0.688. The number of likely N-dealkylation sites (tertiary alicyclic amines) is 1. The average Bonchev–Trinajstić information content (AvgIpc) is 2.14. The van der Waals surface area contributed by atoms with Crippen LogP contribution in [0.1, 0.15) is 26.7 Å². The Labute approximate surface area is 87.1 Å². The molecule has 3 nitrogen and oxygen atoms in total. The van der Waals surface area contributed by atoms with E-state index in [-0.39, 0.29) is 0 Å². The van der Waals surface area contributed by atoms with Crippen LogP contribution in [0.5, 0.6) is 0 Å². The van der Waals surface area contributed by atoms with E-state index in [1.54, 1.807) is 0 Å². The van der Waals surface area contributed by atoms with Crippen LogP contribution in [0, 0.1) is 17.2 Å². The molecule has 1 heterocycles. The standard InChI is InChI=1S/C11H21N3/c1-9-8-14(3)10(2)7-11(9)13-6-4-5-12/h9-11,13H,4,6-8H2,1-3H3. The van der Waals surface area contributed by atoms with Crippen LogP contribution < -0.4 is 5.32 Å². The number of piperidine rings is 1. The number of nitrogens with one attached hydrogen (secondary N) is 1. The second-order valence-electron chi connectivity index (χ2n) is 4.47. The largest absolute Gasteiger partial charge is 0.313 e. The Hall–Kier alpha value is -0.590. The van der Waals surface area contributed by atoms with Gasteiger partial charge >= 0.3 is 0 Å². The predicted molar refractivity (Wildman–Crippen MR) is 57.9 cm³/mol. The third-order valence-corrected chi connectivity index (χ3v) is 3.25. The number of rotatable bonds is 3. The van der Waals surface area contributed by atoms with Gasteiger partial charge in [-0.3, -0.25) is 0 Å². The molecule has 1 aliphatic rings. The van der Waals surface area contributed by atoms with E-state index in [0.717, 1.165) is 13.1 Å². The average molecular weight is 195 g/mol. The van der Waals surface area contributed by atoms with Gasteiger partial charge in [0.1, 0.15) is 0 Å². The Kier molecular flexibility index (Phi) is 4.37. The van der Waals surface area contributed by atoms with Crippen molar-refractivity contribution < 1.29 is 0 Å². The zero-order valence-electron chi connectivity index (χ0n) is 9.45. The van der Waals surface area contributed by atoms with Crippen LogP contribution in [0.4, 0.5) is 0 Å². The number of hydrogen-bond acceptors (Lipinski definition) is 3. The summed E-state index contributed by atoms with van der Waals surface area (Å²) in [7, 11) is 2.19. The molecule has 0 radical (unpaired) electrons. The van der Waals surface area contributed by atoms with Crippen molar-refractivity contribution in [1.29, 1.82) is 5.26 Å². The van der Waals surface area contributed by atoms with Gasteiger partial charge in [-0.05, 0) is 26.3 Å². The summed E-state index contributed by atoms with van der Waals surface area (Å²) in [5, 5.41) is 11.9. The number of hydrogen-bond donors (Lipinski definition) is 1. The first-order chi connectivity index (χ1) is 6.65. The van der Waals surface area contributed by atoms with E-state index in [0.29, 0.717) is 24.4 Å². The molecule has 1 rings (SSSR count).